The molecule has 1 unspecified atom stereocenters. The third-order valence-corrected chi connectivity index (χ3v) is 2.63. The molecular formula is C13H20O3. The van der Waals surface area contributed by atoms with Gasteiger partial charge >= 0.3 is 0 Å². The lowest BCUT2D eigenvalue weighted by Crippen LogP contribution is -2.25. The highest BCUT2D eigenvalue weighted by atomic mass is 16.5. The second-order valence-corrected chi connectivity index (χ2v) is 3.90. The molecule has 0 heterocycles. The van der Waals surface area contributed by atoms with Crippen molar-refractivity contribution in [2.45, 2.75) is 39.4 Å². The third-order valence-electron chi connectivity index (χ3n) is 2.63. The maximum atomic E-state index is 9.38. The van der Waals surface area contributed by atoms with Gasteiger partial charge in [-0.25, -0.2) is 0 Å². The summed E-state index contributed by atoms with van der Waals surface area (Å²) < 4.78 is 10.9. The Kier molecular flexibility index (Phi) is 4.62. The van der Waals surface area contributed by atoms with Crippen LogP contribution in [0.1, 0.15) is 26.3 Å². The van der Waals surface area contributed by atoms with Crippen molar-refractivity contribution in [2.24, 2.45) is 0 Å². The topological polar surface area (TPSA) is 38.7 Å². The second kappa shape index (κ2) is 5.75. The first-order chi connectivity index (χ1) is 7.58. The van der Waals surface area contributed by atoms with Gasteiger partial charge in [-0.1, -0.05) is 13.0 Å². The summed E-state index contributed by atoms with van der Waals surface area (Å²) in [6, 6.07) is 5.85. The van der Waals surface area contributed by atoms with Crippen LogP contribution in [0.2, 0.25) is 0 Å². The Morgan fingerprint density at radius 2 is 1.94 bits per heavy atom. The van der Waals surface area contributed by atoms with E-state index in [0.29, 0.717) is 11.5 Å². The SMILES string of the molecule is CCc1ccc(OC(C)[C@H](C)O)c(OC)c1. The molecule has 0 spiro atoms. The number of ether oxygens (including phenoxy) is 2. The van der Waals surface area contributed by atoms with Crippen molar-refractivity contribution in [3.05, 3.63) is 23.8 Å². The Labute approximate surface area is 97.0 Å². The fraction of sp³-hybridized carbons (Fsp3) is 0.538. The van der Waals surface area contributed by atoms with E-state index in [1.165, 1.54) is 5.56 Å². The molecular weight excluding hydrogens is 204 g/mol. The number of hydrogen-bond donors (Lipinski definition) is 1. The van der Waals surface area contributed by atoms with Gasteiger partial charge in [0, 0.05) is 0 Å². The van der Waals surface area contributed by atoms with Gasteiger partial charge in [-0.05, 0) is 38.0 Å². The summed E-state index contributed by atoms with van der Waals surface area (Å²) in [7, 11) is 1.62. The quantitative estimate of drug-likeness (QED) is 0.834. The lowest BCUT2D eigenvalue weighted by atomic mass is 10.1. The number of hydrogen-bond acceptors (Lipinski definition) is 3. The van der Waals surface area contributed by atoms with Crippen LogP contribution in [0, 0.1) is 0 Å². The largest absolute Gasteiger partial charge is 0.493 e. The van der Waals surface area contributed by atoms with E-state index < -0.39 is 6.10 Å². The van der Waals surface area contributed by atoms with E-state index in [2.05, 4.69) is 6.92 Å². The monoisotopic (exact) mass is 224 g/mol. The molecule has 0 aliphatic heterocycles. The molecule has 0 saturated carbocycles. The Morgan fingerprint density at radius 3 is 2.44 bits per heavy atom. The van der Waals surface area contributed by atoms with Gasteiger partial charge in [0.05, 0.1) is 13.2 Å². The first kappa shape index (κ1) is 12.8. The summed E-state index contributed by atoms with van der Waals surface area (Å²) in [5.74, 6) is 1.39. The summed E-state index contributed by atoms with van der Waals surface area (Å²) in [4.78, 5) is 0. The number of methoxy groups -OCH3 is 1. The van der Waals surface area contributed by atoms with Crippen LogP contribution < -0.4 is 9.47 Å². The average Bonchev–Trinajstić information content (AvgIpc) is 2.29. The highest BCUT2D eigenvalue weighted by molar-refractivity contribution is 5.43. The van der Waals surface area contributed by atoms with Gasteiger partial charge in [-0.2, -0.15) is 0 Å². The molecule has 16 heavy (non-hydrogen) atoms. The molecule has 3 heteroatoms. The molecule has 0 aliphatic carbocycles. The molecule has 0 fully saturated rings. The standard InChI is InChI=1S/C13H20O3/c1-5-11-6-7-12(13(8-11)15-4)16-10(3)9(2)14/h6-10,14H,5H2,1-4H3/t9-,10?/m0/s1. The molecule has 1 rings (SSSR count). The zero-order valence-corrected chi connectivity index (χ0v) is 10.4. The van der Waals surface area contributed by atoms with Crippen molar-refractivity contribution in [3.8, 4) is 11.5 Å². The number of aryl methyl sites for hydroxylation is 1. The predicted molar refractivity (Wildman–Crippen MR) is 64.1 cm³/mol. The van der Waals surface area contributed by atoms with Gasteiger partial charge in [-0.15, -0.1) is 0 Å². The summed E-state index contributed by atoms with van der Waals surface area (Å²) in [6.07, 6.45) is 0.208. The highest BCUT2D eigenvalue weighted by Crippen LogP contribution is 2.29. The van der Waals surface area contributed by atoms with Gasteiger partial charge in [0.15, 0.2) is 11.5 Å². The molecule has 3 nitrogen and oxygen atoms in total. The van der Waals surface area contributed by atoms with Gasteiger partial charge in [-0.3, -0.25) is 0 Å². The Bertz CT molecular complexity index is 334. The first-order valence-corrected chi connectivity index (χ1v) is 5.60. The van der Waals surface area contributed by atoms with E-state index >= 15 is 0 Å². The van der Waals surface area contributed by atoms with Gasteiger partial charge in [0.1, 0.15) is 6.10 Å². The van der Waals surface area contributed by atoms with Crippen molar-refractivity contribution in [2.75, 3.05) is 7.11 Å². The van der Waals surface area contributed by atoms with E-state index in [9.17, 15) is 5.11 Å². The molecule has 0 saturated heterocycles. The second-order valence-electron chi connectivity index (χ2n) is 3.90. The molecule has 0 aliphatic rings. The Balaban J connectivity index is 2.87. The van der Waals surface area contributed by atoms with Crippen molar-refractivity contribution in [1.29, 1.82) is 0 Å². The van der Waals surface area contributed by atoms with Crippen molar-refractivity contribution < 1.29 is 14.6 Å². The Hall–Kier alpha value is -1.22. The van der Waals surface area contributed by atoms with E-state index in [1.807, 2.05) is 25.1 Å². The summed E-state index contributed by atoms with van der Waals surface area (Å²) in [5, 5.41) is 9.38. The molecule has 1 aromatic carbocycles. The smallest absolute Gasteiger partial charge is 0.161 e. The minimum absolute atomic E-state index is 0.249. The predicted octanol–water partition coefficient (Wildman–Crippen LogP) is 2.41. The minimum Gasteiger partial charge on any atom is -0.493 e. The van der Waals surface area contributed by atoms with Crippen LogP contribution in [0.5, 0.6) is 11.5 Å². The van der Waals surface area contributed by atoms with Crippen LogP contribution in [0.3, 0.4) is 0 Å². The van der Waals surface area contributed by atoms with Crippen LogP contribution in [0.4, 0.5) is 0 Å². The van der Waals surface area contributed by atoms with Crippen molar-refractivity contribution >= 4 is 0 Å². The fourth-order valence-electron chi connectivity index (χ4n) is 1.33. The van der Waals surface area contributed by atoms with E-state index in [1.54, 1.807) is 14.0 Å². The Morgan fingerprint density at radius 1 is 1.25 bits per heavy atom. The fourth-order valence-corrected chi connectivity index (χ4v) is 1.33. The van der Waals surface area contributed by atoms with Gasteiger partial charge in [0.2, 0.25) is 0 Å². The van der Waals surface area contributed by atoms with Crippen molar-refractivity contribution in [3.63, 3.8) is 0 Å². The van der Waals surface area contributed by atoms with E-state index in [4.69, 9.17) is 9.47 Å². The molecule has 0 amide bonds. The lowest BCUT2D eigenvalue weighted by Gasteiger charge is -2.19. The first-order valence-electron chi connectivity index (χ1n) is 5.60. The zero-order valence-electron chi connectivity index (χ0n) is 10.4. The molecule has 90 valence electrons. The van der Waals surface area contributed by atoms with Gasteiger partial charge < -0.3 is 14.6 Å². The maximum absolute atomic E-state index is 9.38. The summed E-state index contributed by atoms with van der Waals surface area (Å²) >= 11 is 0. The molecule has 0 bridgehead atoms. The zero-order chi connectivity index (χ0) is 12.1. The van der Waals surface area contributed by atoms with Crippen LogP contribution in [0.25, 0.3) is 0 Å². The van der Waals surface area contributed by atoms with E-state index in [0.717, 1.165) is 6.42 Å². The summed E-state index contributed by atoms with van der Waals surface area (Å²) in [6.45, 7) is 5.63. The summed E-state index contributed by atoms with van der Waals surface area (Å²) in [5.41, 5.74) is 1.20. The lowest BCUT2D eigenvalue weighted by molar-refractivity contribution is 0.0586. The number of benzene rings is 1. The van der Waals surface area contributed by atoms with E-state index in [-0.39, 0.29) is 6.10 Å². The molecule has 0 aromatic heterocycles. The highest BCUT2D eigenvalue weighted by Gasteiger charge is 2.13. The molecule has 2 atom stereocenters. The average molecular weight is 224 g/mol. The van der Waals surface area contributed by atoms with Crippen LogP contribution in [-0.2, 0) is 6.42 Å². The molecule has 1 N–H and O–H groups in total. The number of aliphatic hydroxyl groups excluding tert-OH is 1. The number of rotatable bonds is 5. The van der Waals surface area contributed by atoms with Crippen LogP contribution in [0.15, 0.2) is 18.2 Å². The van der Waals surface area contributed by atoms with Crippen molar-refractivity contribution in [1.82, 2.24) is 0 Å². The minimum atomic E-state index is -0.504. The van der Waals surface area contributed by atoms with Crippen LogP contribution >= 0.6 is 0 Å². The molecule has 1 aromatic rings. The third kappa shape index (κ3) is 3.14. The number of aliphatic hydroxyl groups is 1. The van der Waals surface area contributed by atoms with Crippen LogP contribution in [-0.4, -0.2) is 24.4 Å². The van der Waals surface area contributed by atoms with Gasteiger partial charge in [0.25, 0.3) is 0 Å². The maximum Gasteiger partial charge on any atom is 0.161 e. The molecule has 0 radical (unpaired) electrons. The normalized spacial score (nSPS) is 14.3.